The number of anilines is 1. The minimum absolute atomic E-state index is 0.152. The van der Waals surface area contributed by atoms with Gasteiger partial charge < -0.3 is 9.88 Å². The van der Waals surface area contributed by atoms with Crippen LogP contribution in [-0.2, 0) is 7.05 Å². The van der Waals surface area contributed by atoms with Gasteiger partial charge in [0.1, 0.15) is 0 Å². The van der Waals surface area contributed by atoms with Crippen molar-refractivity contribution in [1.29, 1.82) is 0 Å². The number of carbonyl (C=O) groups excluding carboxylic acids is 1. The lowest BCUT2D eigenvalue weighted by Gasteiger charge is -2.08. The van der Waals surface area contributed by atoms with Crippen LogP contribution in [0.2, 0.25) is 5.02 Å². The fourth-order valence-corrected chi connectivity index (χ4v) is 3.95. The highest BCUT2D eigenvalue weighted by atomic mass is 127. The van der Waals surface area contributed by atoms with Crippen LogP contribution in [0.15, 0.2) is 64.9 Å². The van der Waals surface area contributed by atoms with Gasteiger partial charge in [-0.1, -0.05) is 23.4 Å². The van der Waals surface area contributed by atoms with Crippen molar-refractivity contribution in [3.63, 3.8) is 0 Å². The number of hydrogen-bond acceptors (Lipinski definition) is 3. The number of imidazole rings is 1. The summed E-state index contributed by atoms with van der Waals surface area (Å²) in [6.45, 7) is 0. The van der Waals surface area contributed by atoms with E-state index in [4.69, 9.17) is 11.6 Å². The summed E-state index contributed by atoms with van der Waals surface area (Å²) >= 11 is 9.60. The second kappa shape index (κ2) is 7.58. The number of aromatic nitrogens is 2. The maximum atomic E-state index is 12.4. The molecule has 0 saturated heterocycles. The standard InChI is InChI=1S/C17H13ClIN3OS/c1-22-9-8-20-17(22)24-13-5-3-12(4-6-13)21-16(23)14-7-2-11(18)10-15(14)19/h2-10H,1H3,(H,21,23). The molecule has 1 N–H and O–H groups in total. The van der Waals surface area contributed by atoms with E-state index in [0.29, 0.717) is 10.6 Å². The van der Waals surface area contributed by atoms with Crippen molar-refractivity contribution in [3.05, 3.63) is 69.0 Å². The molecule has 0 bridgehead atoms. The number of carbonyl (C=O) groups is 1. The Hall–Kier alpha value is -1.51. The minimum Gasteiger partial charge on any atom is -0.329 e. The summed E-state index contributed by atoms with van der Waals surface area (Å²) in [5.41, 5.74) is 1.35. The molecule has 7 heteroatoms. The lowest BCUT2D eigenvalue weighted by molar-refractivity contribution is 0.102. The van der Waals surface area contributed by atoms with Gasteiger partial charge in [0.15, 0.2) is 5.16 Å². The zero-order valence-electron chi connectivity index (χ0n) is 12.7. The van der Waals surface area contributed by atoms with Crippen molar-refractivity contribution < 1.29 is 4.79 Å². The molecule has 0 aliphatic heterocycles. The zero-order valence-corrected chi connectivity index (χ0v) is 16.4. The summed E-state index contributed by atoms with van der Waals surface area (Å²) in [5.74, 6) is -0.152. The van der Waals surface area contributed by atoms with E-state index < -0.39 is 0 Å². The normalized spacial score (nSPS) is 10.6. The number of aryl methyl sites for hydroxylation is 1. The summed E-state index contributed by atoms with van der Waals surface area (Å²) in [4.78, 5) is 17.7. The molecule has 0 atom stereocenters. The largest absolute Gasteiger partial charge is 0.329 e. The van der Waals surface area contributed by atoms with Crippen LogP contribution < -0.4 is 5.32 Å². The summed E-state index contributed by atoms with van der Waals surface area (Å²) in [6, 6.07) is 12.9. The highest BCUT2D eigenvalue weighted by Gasteiger charge is 2.11. The summed E-state index contributed by atoms with van der Waals surface area (Å²) in [6.07, 6.45) is 3.68. The van der Waals surface area contributed by atoms with Gasteiger partial charge in [0.2, 0.25) is 0 Å². The van der Waals surface area contributed by atoms with E-state index in [-0.39, 0.29) is 5.91 Å². The SMILES string of the molecule is Cn1ccnc1Sc1ccc(NC(=O)c2ccc(Cl)cc2I)cc1. The number of halogens is 2. The fraction of sp³-hybridized carbons (Fsp3) is 0.0588. The molecule has 0 fully saturated rings. The summed E-state index contributed by atoms with van der Waals surface area (Å²) in [7, 11) is 1.96. The quantitative estimate of drug-likeness (QED) is 0.542. The van der Waals surface area contributed by atoms with Crippen LogP contribution >= 0.6 is 46.0 Å². The van der Waals surface area contributed by atoms with Gasteiger partial charge in [-0.2, -0.15) is 0 Å². The van der Waals surface area contributed by atoms with Crippen LogP contribution in [0.5, 0.6) is 0 Å². The maximum Gasteiger partial charge on any atom is 0.256 e. The van der Waals surface area contributed by atoms with Gasteiger partial charge in [-0.25, -0.2) is 4.98 Å². The average Bonchev–Trinajstić information content (AvgIpc) is 2.94. The van der Waals surface area contributed by atoms with E-state index in [1.165, 1.54) is 0 Å². The topological polar surface area (TPSA) is 46.9 Å². The number of benzene rings is 2. The van der Waals surface area contributed by atoms with E-state index >= 15 is 0 Å². The fourth-order valence-electron chi connectivity index (χ4n) is 2.03. The first-order valence-electron chi connectivity index (χ1n) is 7.04. The first kappa shape index (κ1) is 17.3. The van der Waals surface area contributed by atoms with Crippen molar-refractivity contribution in [2.24, 2.45) is 7.05 Å². The van der Waals surface area contributed by atoms with Gasteiger partial charge in [-0.05, 0) is 65.1 Å². The lowest BCUT2D eigenvalue weighted by Crippen LogP contribution is -2.13. The van der Waals surface area contributed by atoms with Gasteiger partial charge in [0.05, 0.1) is 5.56 Å². The molecule has 0 radical (unpaired) electrons. The highest BCUT2D eigenvalue weighted by molar-refractivity contribution is 14.1. The second-order valence-corrected chi connectivity index (χ2v) is 7.66. The summed E-state index contributed by atoms with van der Waals surface area (Å²) in [5, 5.41) is 4.44. The molecule has 2 aromatic carbocycles. The van der Waals surface area contributed by atoms with Crippen molar-refractivity contribution >= 4 is 57.5 Å². The Morgan fingerprint density at radius 3 is 2.62 bits per heavy atom. The van der Waals surface area contributed by atoms with Crippen LogP contribution in [0.4, 0.5) is 5.69 Å². The molecule has 1 heterocycles. The Morgan fingerprint density at radius 1 is 1.25 bits per heavy atom. The number of hydrogen-bond donors (Lipinski definition) is 1. The minimum atomic E-state index is -0.152. The molecule has 1 aromatic heterocycles. The molecule has 3 rings (SSSR count). The molecule has 1 amide bonds. The van der Waals surface area contributed by atoms with E-state index in [2.05, 4.69) is 32.9 Å². The molecule has 0 aliphatic rings. The van der Waals surface area contributed by atoms with Crippen LogP contribution in [0.3, 0.4) is 0 Å². The first-order chi connectivity index (χ1) is 11.5. The predicted molar refractivity (Wildman–Crippen MR) is 106 cm³/mol. The molecule has 0 saturated carbocycles. The molecule has 4 nitrogen and oxygen atoms in total. The van der Waals surface area contributed by atoms with Crippen molar-refractivity contribution in [3.8, 4) is 0 Å². The molecule has 122 valence electrons. The average molecular weight is 470 g/mol. The van der Waals surface area contributed by atoms with Crippen molar-refractivity contribution in [1.82, 2.24) is 9.55 Å². The third kappa shape index (κ3) is 4.12. The molecule has 0 aliphatic carbocycles. The van der Waals surface area contributed by atoms with Crippen LogP contribution in [-0.4, -0.2) is 15.5 Å². The molecule has 3 aromatic rings. The van der Waals surface area contributed by atoms with Crippen LogP contribution in [0.25, 0.3) is 0 Å². The van der Waals surface area contributed by atoms with E-state index in [9.17, 15) is 4.79 Å². The number of nitrogens with zero attached hydrogens (tertiary/aromatic N) is 2. The maximum absolute atomic E-state index is 12.4. The Bertz CT molecular complexity index is 880. The van der Waals surface area contributed by atoms with Gasteiger partial charge in [-0.15, -0.1) is 0 Å². The van der Waals surface area contributed by atoms with Crippen LogP contribution in [0, 0.1) is 3.57 Å². The molecule has 24 heavy (non-hydrogen) atoms. The Labute approximate surface area is 162 Å². The van der Waals surface area contributed by atoms with Crippen molar-refractivity contribution in [2.75, 3.05) is 5.32 Å². The zero-order chi connectivity index (χ0) is 17.1. The smallest absolute Gasteiger partial charge is 0.256 e. The summed E-state index contributed by atoms with van der Waals surface area (Å²) < 4.78 is 2.78. The number of nitrogens with one attached hydrogen (secondary N) is 1. The number of rotatable bonds is 4. The molecular formula is C17H13ClIN3OS. The lowest BCUT2D eigenvalue weighted by atomic mass is 10.2. The Kier molecular flexibility index (Phi) is 5.47. The Morgan fingerprint density at radius 2 is 2.00 bits per heavy atom. The van der Waals surface area contributed by atoms with E-state index in [0.717, 1.165) is 19.3 Å². The third-order valence-corrected chi connectivity index (χ3v) is 5.49. The number of amides is 1. The Balaban J connectivity index is 1.69. The van der Waals surface area contributed by atoms with E-state index in [1.807, 2.05) is 42.1 Å². The third-order valence-electron chi connectivity index (χ3n) is 3.27. The molecule has 0 spiro atoms. The van der Waals surface area contributed by atoms with Gasteiger partial charge in [0.25, 0.3) is 5.91 Å². The second-order valence-electron chi connectivity index (χ2n) is 5.03. The first-order valence-corrected chi connectivity index (χ1v) is 9.32. The predicted octanol–water partition coefficient (Wildman–Crippen LogP) is 5.08. The van der Waals surface area contributed by atoms with Crippen molar-refractivity contribution in [2.45, 2.75) is 10.1 Å². The highest BCUT2D eigenvalue weighted by Crippen LogP contribution is 2.27. The van der Waals surface area contributed by atoms with Gasteiger partial charge in [0, 0.05) is 38.6 Å². The van der Waals surface area contributed by atoms with E-state index in [1.54, 1.807) is 36.2 Å². The van der Waals surface area contributed by atoms with Gasteiger partial charge in [-0.3, -0.25) is 4.79 Å². The van der Waals surface area contributed by atoms with Gasteiger partial charge >= 0.3 is 0 Å². The molecular weight excluding hydrogens is 457 g/mol. The van der Waals surface area contributed by atoms with Crippen LogP contribution in [0.1, 0.15) is 10.4 Å². The molecule has 0 unspecified atom stereocenters. The monoisotopic (exact) mass is 469 g/mol.